The first-order chi connectivity index (χ1) is 10.9. The van der Waals surface area contributed by atoms with Gasteiger partial charge in [0.25, 0.3) is 0 Å². The summed E-state index contributed by atoms with van der Waals surface area (Å²) in [4.78, 5) is 16.3. The molecule has 1 spiro atoms. The van der Waals surface area contributed by atoms with Gasteiger partial charge in [0.15, 0.2) is 5.79 Å². The molecule has 0 radical (unpaired) electrons. The fraction of sp³-hybridized carbons (Fsp3) is 0.929. The van der Waals surface area contributed by atoms with Crippen LogP contribution < -0.4 is 0 Å². The first-order valence-corrected chi connectivity index (χ1v) is 9.96. The standard InChI is InChI=1S/C14H25N3O5S/c1-23(19,20)17-8-6-15(7-9-17)12-13(18)16-4-2-14(3-5-16)21-10-11-22-14/h2-12H2,1H3. The molecule has 0 aromatic rings. The highest BCUT2D eigenvalue weighted by Gasteiger charge is 2.40. The van der Waals surface area contributed by atoms with Crippen LogP contribution in [-0.2, 0) is 24.3 Å². The zero-order valence-electron chi connectivity index (χ0n) is 13.6. The van der Waals surface area contributed by atoms with Gasteiger partial charge < -0.3 is 14.4 Å². The molecule has 0 atom stereocenters. The molecular formula is C14H25N3O5S. The Morgan fingerprint density at radius 2 is 1.57 bits per heavy atom. The zero-order chi connectivity index (χ0) is 16.5. The molecule has 23 heavy (non-hydrogen) atoms. The average Bonchev–Trinajstić information content (AvgIpc) is 2.96. The zero-order valence-corrected chi connectivity index (χ0v) is 14.4. The van der Waals surface area contributed by atoms with Crippen molar-refractivity contribution in [1.29, 1.82) is 0 Å². The Morgan fingerprint density at radius 1 is 1.00 bits per heavy atom. The van der Waals surface area contributed by atoms with E-state index in [0.717, 1.165) is 12.8 Å². The van der Waals surface area contributed by atoms with Gasteiger partial charge in [-0.3, -0.25) is 9.69 Å². The number of piperazine rings is 1. The van der Waals surface area contributed by atoms with Crippen molar-refractivity contribution in [3.05, 3.63) is 0 Å². The van der Waals surface area contributed by atoms with E-state index < -0.39 is 15.8 Å². The molecule has 0 unspecified atom stereocenters. The van der Waals surface area contributed by atoms with Crippen LogP contribution in [0.3, 0.4) is 0 Å². The van der Waals surface area contributed by atoms with Crippen LogP contribution in [0, 0.1) is 0 Å². The van der Waals surface area contributed by atoms with Gasteiger partial charge in [-0.05, 0) is 0 Å². The van der Waals surface area contributed by atoms with Crippen LogP contribution in [0.2, 0.25) is 0 Å². The van der Waals surface area contributed by atoms with E-state index in [1.54, 1.807) is 0 Å². The largest absolute Gasteiger partial charge is 0.347 e. The van der Waals surface area contributed by atoms with Crippen LogP contribution in [0.4, 0.5) is 0 Å². The lowest BCUT2D eigenvalue weighted by atomic mass is 10.0. The van der Waals surface area contributed by atoms with Crippen molar-refractivity contribution >= 4 is 15.9 Å². The highest BCUT2D eigenvalue weighted by molar-refractivity contribution is 7.88. The first-order valence-electron chi connectivity index (χ1n) is 8.11. The SMILES string of the molecule is CS(=O)(=O)N1CCN(CC(=O)N2CCC3(CC2)OCCO3)CC1. The lowest BCUT2D eigenvalue weighted by Crippen LogP contribution is -2.53. The Balaban J connectivity index is 1.44. The molecule has 0 bridgehead atoms. The number of hydrogen-bond acceptors (Lipinski definition) is 6. The Morgan fingerprint density at radius 3 is 2.09 bits per heavy atom. The Hall–Kier alpha value is -0.740. The summed E-state index contributed by atoms with van der Waals surface area (Å²) >= 11 is 0. The summed E-state index contributed by atoms with van der Waals surface area (Å²) in [6, 6.07) is 0. The van der Waals surface area contributed by atoms with Crippen molar-refractivity contribution in [2.45, 2.75) is 18.6 Å². The third kappa shape index (κ3) is 4.03. The Kier molecular flexibility index (Phi) is 4.93. The maximum atomic E-state index is 12.4. The van der Waals surface area contributed by atoms with Gasteiger partial charge >= 0.3 is 0 Å². The van der Waals surface area contributed by atoms with E-state index in [2.05, 4.69) is 0 Å². The van der Waals surface area contributed by atoms with E-state index in [9.17, 15) is 13.2 Å². The number of carbonyl (C=O) groups is 1. The highest BCUT2D eigenvalue weighted by atomic mass is 32.2. The van der Waals surface area contributed by atoms with Gasteiger partial charge in [0.1, 0.15) is 0 Å². The van der Waals surface area contributed by atoms with Crippen molar-refractivity contribution in [2.75, 3.05) is 65.3 Å². The number of amides is 1. The summed E-state index contributed by atoms with van der Waals surface area (Å²) < 4.78 is 35.8. The molecule has 0 N–H and O–H groups in total. The summed E-state index contributed by atoms with van der Waals surface area (Å²) in [5.74, 6) is -0.358. The number of likely N-dealkylation sites (tertiary alicyclic amines) is 1. The predicted molar refractivity (Wildman–Crippen MR) is 83.3 cm³/mol. The van der Waals surface area contributed by atoms with Gasteiger partial charge in [0.05, 0.1) is 26.0 Å². The van der Waals surface area contributed by atoms with E-state index in [1.807, 2.05) is 9.80 Å². The normalized spacial score (nSPS) is 26.7. The van der Waals surface area contributed by atoms with E-state index in [-0.39, 0.29) is 5.91 Å². The van der Waals surface area contributed by atoms with Gasteiger partial charge in [0, 0.05) is 52.1 Å². The fourth-order valence-corrected chi connectivity index (χ4v) is 4.22. The third-order valence-electron chi connectivity index (χ3n) is 4.85. The van der Waals surface area contributed by atoms with Crippen LogP contribution in [0.25, 0.3) is 0 Å². The topological polar surface area (TPSA) is 79.4 Å². The number of sulfonamides is 1. The molecular weight excluding hydrogens is 322 g/mol. The van der Waals surface area contributed by atoms with E-state index in [1.165, 1.54) is 10.6 Å². The lowest BCUT2D eigenvalue weighted by Gasteiger charge is -2.39. The van der Waals surface area contributed by atoms with Gasteiger partial charge in [0.2, 0.25) is 15.9 Å². The molecule has 3 aliphatic heterocycles. The number of hydrogen-bond donors (Lipinski definition) is 0. The molecule has 0 aromatic heterocycles. The second-order valence-electron chi connectivity index (χ2n) is 6.43. The molecule has 3 fully saturated rings. The van der Waals surface area contributed by atoms with E-state index in [0.29, 0.717) is 59.0 Å². The van der Waals surface area contributed by atoms with Crippen molar-refractivity contribution < 1.29 is 22.7 Å². The molecule has 8 nitrogen and oxygen atoms in total. The quantitative estimate of drug-likeness (QED) is 0.647. The van der Waals surface area contributed by atoms with E-state index >= 15 is 0 Å². The Labute approximate surface area is 137 Å². The maximum absolute atomic E-state index is 12.4. The van der Waals surface area contributed by atoms with Crippen LogP contribution in [0.1, 0.15) is 12.8 Å². The number of piperidine rings is 1. The summed E-state index contributed by atoms with van der Waals surface area (Å²) in [5.41, 5.74) is 0. The minimum atomic E-state index is -3.13. The molecule has 0 aliphatic carbocycles. The third-order valence-corrected chi connectivity index (χ3v) is 6.15. The predicted octanol–water partition coefficient (Wildman–Crippen LogP) is -1.07. The van der Waals surface area contributed by atoms with Crippen molar-refractivity contribution in [2.24, 2.45) is 0 Å². The van der Waals surface area contributed by atoms with Crippen molar-refractivity contribution in [3.63, 3.8) is 0 Å². The minimum absolute atomic E-state index is 0.102. The van der Waals surface area contributed by atoms with Gasteiger partial charge in [-0.1, -0.05) is 0 Å². The number of ether oxygens (including phenoxy) is 2. The number of carbonyl (C=O) groups excluding carboxylic acids is 1. The molecule has 9 heteroatoms. The molecule has 3 aliphatic rings. The second-order valence-corrected chi connectivity index (χ2v) is 8.41. The van der Waals surface area contributed by atoms with Crippen LogP contribution in [0.5, 0.6) is 0 Å². The molecule has 3 rings (SSSR count). The summed E-state index contributed by atoms with van der Waals surface area (Å²) in [5, 5.41) is 0. The maximum Gasteiger partial charge on any atom is 0.236 e. The number of nitrogens with zero attached hydrogens (tertiary/aromatic N) is 3. The van der Waals surface area contributed by atoms with E-state index in [4.69, 9.17) is 9.47 Å². The van der Waals surface area contributed by atoms with Crippen molar-refractivity contribution in [3.8, 4) is 0 Å². The average molecular weight is 347 g/mol. The van der Waals surface area contributed by atoms with Gasteiger partial charge in [-0.25, -0.2) is 8.42 Å². The van der Waals surface area contributed by atoms with Crippen LogP contribution in [-0.4, -0.2) is 99.5 Å². The van der Waals surface area contributed by atoms with Gasteiger partial charge in [-0.15, -0.1) is 0 Å². The minimum Gasteiger partial charge on any atom is -0.347 e. The molecule has 3 saturated heterocycles. The molecule has 0 aromatic carbocycles. The first kappa shape index (κ1) is 17.1. The summed E-state index contributed by atoms with van der Waals surface area (Å²) in [6.45, 7) is 5.05. The lowest BCUT2D eigenvalue weighted by molar-refractivity contribution is -0.187. The molecule has 132 valence electrons. The molecule has 1 amide bonds. The second kappa shape index (κ2) is 6.64. The van der Waals surface area contributed by atoms with Crippen LogP contribution >= 0.6 is 0 Å². The highest BCUT2D eigenvalue weighted by Crippen LogP contribution is 2.31. The summed E-state index contributed by atoms with van der Waals surface area (Å²) in [7, 11) is -3.13. The molecule has 0 saturated carbocycles. The van der Waals surface area contributed by atoms with Crippen molar-refractivity contribution in [1.82, 2.24) is 14.1 Å². The van der Waals surface area contributed by atoms with Gasteiger partial charge in [-0.2, -0.15) is 4.31 Å². The Bertz CT molecular complexity index is 529. The molecule has 3 heterocycles. The smallest absolute Gasteiger partial charge is 0.236 e. The van der Waals surface area contributed by atoms with Crippen LogP contribution in [0.15, 0.2) is 0 Å². The monoisotopic (exact) mass is 347 g/mol. The fourth-order valence-electron chi connectivity index (χ4n) is 3.39. The number of rotatable bonds is 3. The summed E-state index contributed by atoms with van der Waals surface area (Å²) in [6.07, 6.45) is 2.67.